The highest BCUT2D eigenvalue weighted by atomic mass is 16.2. The Kier molecular flexibility index (Phi) is 3.70. The SMILES string of the molecule is Nc1nc(NC2Cc3ccccc3N(C(=O)C3CCC3)C2)c2cn[nH]c2n1. The van der Waals surface area contributed by atoms with Crippen LogP contribution in [0.5, 0.6) is 0 Å². The van der Waals surface area contributed by atoms with Crippen LogP contribution >= 0.6 is 0 Å². The third-order valence-corrected chi connectivity index (χ3v) is 5.54. The van der Waals surface area contributed by atoms with Gasteiger partial charge in [-0.15, -0.1) is 0 Å². The number of fused-ring (bicyclic) bond motifs is 2. The molecule has 1 unspecified atom stereocenters. The summed E-state index contributed by atoms with van der Waals surface area (Å²) in [5.41, 5.74) is 8.63. The number of amides is 1. The number of nitrogens with two attached hydrogens (primary N) is 1. The lowest BCUT2D eigenvalue weighted by Crippen LogP contribution is -2.48. The van der Waals surface area contributed by atoms with Gasteiger partial charge >= 0.3 is 0 Å². The molecule has 3 aromatic rings. The Balaban J connectivity index is 1.47. The van der Waals surface area contributed by atoms with E-state index in [9.17, 15) is 4.79 Å². The van der Waals surface area contributed by atoms with Gasteiger partial charge in [0.05, 0.1) is 11.6 Å². The predicted molar refractivity (Wildman–Crippen MR) is 103 cm³/mol. The van der Waals surface area contributed by atoms with Gasteiger partial charge in [0.25, 0.3) is 0 Å². The number of aromatic nitrogens is 4. The van der Waals surface area contributed by atoms with E-state index in [4.69, 9.17) is 5.73 Å². The van der Waals surface area contributed by atoms with Crippen molar-refractivity contribution >= 4 is 34.4 Å². The van der Waals surface area contributed by atoms with E-state index in [-0.39, 0.29) is 23.8 Å². The van der Waals surface area contributed by atoms with Crippen LogP contribution in [0.25, 0.3) is 11.0 Å². The Bertz CT molecular complexity index is 1010. The van der Waals surface area contributed by atoms with Crippen molar-refractivity contribution in [3.8, 4) is 0 Å². The summed E-state index contributed by atoms with van der Waals surface area (Å²) >= 11 is 0. The summed E-state index contributed by atoms with van der Waals surface area (Å²) in [5.74, 6) is 1.22. The maximum Gasteiger partial charge on any atom is 0.230 e. The minimum atomic E-state index is 0.0383. The van der Waals surface area contributed by atoms with Crippen LogP contribution in [0.1, 0.15) is 24.8 Å². The molecule has 0 saturated heterocycles. The standard InChI is InChI=1S/C19H21N7O/c20-19-23-16(14-9-21-25-17(14)24-19)22-13-8-12-4-1-2-7-15(12)26(10-13)18(27)11-5-3-6-11/h1-2,4,7,9,11,13H,3,5-6,8,10H2,(H4,20,21,22,23,24,25). The molecule has 0 bridgehead atoms. The number of nitrogens with zero attached hydrogens (tertiary/aromatic N) is 4. The summed E-state index contributed by atoms with van der Waals surface area (Å²) in [6.45, 7) is 0.607. The van der Waals surface area contributed by atoms with Crippen molar-refractivity contribution in [3.05, 3.63) is 36.0 Å². The first-order chi connectivity index (χ1) is 13.2. The van der Waals surface area contributed by atoms with Crippen molar-refractivity contribution in [2.24, 2.45) is 5.92 Å². The number of carbonyl (C=O) groups is 1. The Morgan fingerprint density at radius 2 is 2.11 bits per heavy atom. The molecule has 8 nitrogen and oxygen atoms in total. The highest BCUT2D eigenvalue weighted by molar-refractivity contribution is 5.97. The molecule has 138 valence electrons. The van der Waals surface area contributed by atoms with Crippen LogP contribution in [0, 0.1) is 5.92 Å². The fourth-order valence-corrected chi connectivity index (χ4v) is 3.93. The predicted octanol–water partition coefficient (Wildman–Crippen LogP) is 2.10. The van der Waals surface area contributed by atoms with Crippen LogP contribution in [0.2, 0.25) is 0 Å². The molecule has 4 N–H and O–H groups in total. The number of nitrogens with one attached hydrogen (secondary N) is 2. The molecule has 1 atom stereocenters. The minimum Gasteiger partial charge on any atom is -0.368 e. The van der Waals surface area contributed by atoms with E-state index >= 15 is 0 Å². The third-order valence-electron chi connectivity index (χ3n) is 5.54. The Morgan fingerprint density at radius 1 is 1.26 bits per heavy atom. The maximum absolute atomic E-state index is 13.0. The van der Waals surface area contributed by atoms with Gasteiger partial charge in [-0.05, 0) is 30.9 Å². The number of aromatic amines is 1. The van der Waals surface area contributed by atoms with Crippen molar-refractivity contribution in [1.82, 2.24) is 20.2 Å². The number of benzene rings is 1. The zero-order valence-corrected chi connectivity index (χ0v) is 14.9. The van der Waals surface area contributed by atoms with Crippen molar-refractivity contribution in [2.45, 2.75) is 31.7 Å². The van der Waals surface area contributed by atoms with E-state index in [1.807, 2.05) is 23.1 Å². The lowest BCUT2D eigenvalue weighted by Gasteiger charge is -2.38. The topological polar surface area (TPSA) is 113 Å². The first-order valence-corrected chi connectivity index (χ1v) is 9.31. The van der Waals surface area contributed by atoms with Gasteiger partial charge in [0.2, 0.25) is 11.9 Å². The van der Waals surface area contributed by atoms with Crippen LogP contribution < -0.4 is 16.0 Å². The van der Waals surface area contributed by atoms with Gasteiger partial charge in [-0.25, -0.2) is 0 Å². The molecule has 0 radical (unpaired) electrons. The second-order valence-electron chi connectivity index (χ2n) is 7.31. The largest absolute Gasteiger partial charge is 0.368 e. The zero-order valence-electron chi connectivity index (χ0n) is 14.9. The van der Waals surface area contributed by atoms with Gasteiger partial charge in [-0.3, -0.25) is 9.89 Å². The molecule has 8 heteroatoms. The molecule has 5 rings (SSSR count). The van der Waals surface area contributed by atoms with E-state index in [0.717, 1.165) is 36.8 Å². The van der Waals surface area contributed by atoms with Gasteiger partial charge in [-0.2, -0.15) is 15.1 Å². The minimum absolute atomic E-state index is 0.0383. The van der Waals surface area contributed by atoms with Crippen LogP contribution in [-0.4, -0.2) is 38.7 Å². The third kappa shape index (κ3) is 2.77. The molecule has 2 aromatic heterocycles. The number of rotatable bonds is 3. The van der Waals surface area contributed by atoms with Crippen LogP contribution in [0.15, 0.2) is 30.5 Å². The average molecular weight is 363 g/mol. The normalized spacial score (nSPS) is 19.6. The molecule has 3 heterocycles. The Hall–Kier alpha value is -3.16. The van der Waals surface area contributed by atoms with Gasteiger partial charge in [-0.1, -0.05) is 24.6 Å². The molecule has 0 spiro atoms. The van der Waals surface area contributed by atoms with Crippen molar-refractivity contribution in [3.63, 3.8) is 0 Å². The van der Waals surface area contributed by atoms with E-state index in [1.165, 1.54) is 5.56 Å². The number of anilines is 3. The lowest BCUT2D eigenvalue weighted by atomic mass is 9.83. The van der Waals surface area contributed by atoms with E-state index in [0.29, 0.717) is 18.0 Å². The first-order valence-electron chi connectivity index (χ1n) is 9.31. The molecule has 1 aromatic carbocycles. The van der Waals surface area contributed by atoms with E-state index < -0.39 is 0 Å². The quantitative estimate of drug-likeness (QED) is 0.657. The monoisotopic (exact) mass is 363 g/mol. The van der Waals surface area contributed by atoms with Crippen molar-refractivity contribution in [1.29, 1.82) is 0 Å². The Morgan fingerprint density at radius 3 is 2.93 bits per heavy atom. The smallest absolute Gasteiger partial charge is 0.230 e. The highest BCUT2D eigenvalue weighted by Crippen LogP contribution is 2.34. The summed E-state index contributed by atoms with van der Waals surface area (Å²) in [5, 5.41) is 11.1. The molecule has 1 aliphatic carbocycles. The molecule has 2 aliphatic rings. The van der Waals surface area contributed by atoms with Gasteiger partial charge in [0.1, 0.15) is 5.82 Å². The van der Waals surface area contributed by atoms with Crippen LogP contribution in [0.4, 0.5) is 17.5 Å². The number of nitrogen functional groups attached to an aromatic ring is 1. The molecule has 1 fully saturated rings. The number of hydrogen-bond donors (Lipinski definition) is 3. The summed E-state index contributed by atoms with van der Waals surface area (Å²) in [6, 6.07) is 8.18. The van der Waals surface area contributed by atoms with Crippen LogP contribution in [0.3, 0.4) is 0 Å². The fraction of sp³-hybridized carbons (Fsp3) is 0.368. The molecule has 1 amide bonds. The summed E-state index contributed by atoms with van der Waals surface area (Å²) in [6.07, 6.45) is 5.63. The molecular formula is C19H21N7O. The summed E-state index contributed by atoms with van der Waals surface area (Å²) in [7, 11) is 0. The highest BCUT2D eigenvalue weighted by Gasteiger charge is 2.35. The number of carbonyl (C=O) groups excluding carboxylic acids is 1. The molecular weight excluding hydrogens is 342 g/mol. The average Bonchev–Trinajstić information content (AvgIpc) is 3.08. The van der Waals surface area contributed by atoms with Gasteiger partial charge < -0.3 is 16.0 Å². The Labute approximate surface area is 156 Å². The second-order valence-corrected chi connectivity index (χ2v) is 7.31. The summed E-state index contributed by atoms with van der Waals surface area (Å²) in [4.78, 5) is 23.4. The fourth-order valence-electron chi connectivity index (χ4n) is 3.93. The lowest BCUT2D eigenvalue weighted by molar-refractivity contribution is -0.124. The number of para-hydroxylation sites is 1. The van der Waals surface area contributed by atoms with Crippen molar-refractivity contribution in [2.75, 3.05) is 22.5 Å². The van der Waals surface area contributed by atoms with E-state index in [2.05, 4.69) is 31.5 Å². The second kappa shape index (κ2) is 6.22. The number of H-pyrrole nitrogens is 1. The van der Waals surface area contributed by atoms with E-state index in [1.54, 1.807) is 6.20 Å². The van der Waals surface area contributed by atoms with Gasteiger partial charge in [0.15, 0.2) is 5.65 Å². The summed E-state index contributed by atoms with van der Waals surface area (Å²) < 4.78 is 0. The molecule has 1 aliphatic heterocycles. The van der Waals surface area contributed by atoms with Crippen molar-refractivity contribution < 1.29 is 4.79 Å². The van der Waals surface area contributed by atoms with Gasteiger partial charge in [0, 0.05) is 24.2 Å². The molecule has 27 heavy (non-hydrogen) atoms. The first kappa shape index (κ1) is 16.0. The maximum atomic E-state index is 13.0. The number of hydrogen-bond acceptors (Lipinski definition) is 6. The van der Waals surface area contributed by atoms with Crippen LogP contribution in [-0.2, 0) is 11.2 Å². The zero-order chi connectivity index (χ0) is 18.4. The molecule has 1 saturated carbocycles.